The van der Waals surface area contributed by atoms with Crippen molar-refractivity contribution in [3.8, 4) is 0 Å². The molecule has 124 valence electrons. The summed E-state index contributed by atoms with van der Waals surface area (Å²) in [5.41, 5.74) is -0.728. The van der Waals surface area contributed by atoms with Crippen LogP contribution in [-0.4, -0.2) is 39.3 Å². The number of halogens is 3. The van der Waals surface area contributed by atoms with Crippen LogP contribution in [0.1, 0.15) is 18.4 Å². The van der Waals surface area contributed by atoms with Crippen LogP contribution in [0.4, 0.5) is 19.0 Å². The maximum absolute atomic E-state index is 12.7. The summed E-state index contributed by atoms with van der Waals surface area (Å²) in [4.78, 5) is 5.78. The quantitative estimate of drug-likeness (QED) is 0.911. The summed E-state index contributed by atoms with van der Waals surface area (Å²) in [5, 5.41) is 0. The van der Waals surface area contributed by atoms with Crippen molar-refractivity contribution in [2.75, 3.05) is 30.8 Å². The third kappa shape index (κ3) is 4.84. The number of hydrogen-bond acceptors (Lipinski definition) is 4. The molecular formula is C13H18F3N3O2S. The molecule has 1 aromatic heterocycles. The fourth-order valence-corrected chi connectivity index (χ4v) is 3.02. The Morgan fingerprint density at radius 3 is 2.82 bits per heavy atom. The molecule has 1 atom stereocenters. The van der Waals surface area contributed by atoms with Crippen LogP contribution < -0.4 is 9.62 Å². The van der Waals surface area contributed by atoms with Gasteiger partial charge < -0.3 is 4.90 Å². The smallest absolute Gasteiger partial charge is 0.356 e. The highest BCUT2D eigenvalue weighted by Crippen LogP contribution is 2.31. The Labute approximate surface area is 127 Å². The lowest BCUT2D eigenvalue weighted by molar-refractivity contribution is -0.137. The van der Waals surface area contributed by atoms with Gasteiger partial charge in [0.15, 0.2) is 0 Å². The van der Waals surface area contributed by atoms with E-state index in [4.69, 9.17) is 0 Å². The maximum Gasteiger partial charge on any atom is 0.416 e. The topological polar surface area (TPSA) is 62.3 Å². The zero-order valence-corrected chi connectivity index (χ0v) is 12.9. The van der Waals surface area contributed by atoms with E-state index in [2.05, 4.69) is 9.71 Å². The average Bonchev–Trinajstić information content (AvgIpc) is 2.44. The van der Waals surface area contributed by atoms with E-state index in [9.17, 15) is 21.6 Å². The molecule has 0 bridgehead atoms. The average molecular weight is 337 g/mol. The van der Waals surface area contributed by atoms with Crippen LogP contribution in [0.15, 0.2) is 18.3 Å². The summed E-state index contributed by atoms with van der Waals surface area (Å²) in [6.45, 7) is 1.38. The predicted molar refractivity (Wildman–Crippen MR) is 77.0 cm³/mol. The van der Waals surface area contributed by atoms with E-state index in [1.807, 2.05) is 0 Å². The first-order valence-corrected chi connectivity index (χ1v) is 8.77. The molecule has 0 radical (unpaired) electrons. The van der Waals surface area contributed by atoms with Crippen molar-refractivity contribution < 1.29 is 21.6 Å². The summed E-state index contributed by atoms with van der Waals surface area (Å²) in [6.07, 6.45) is -0.546. The van der Waals surface area contributed by atoms with Gasteiger partial charge in [-0.2, -0.15) is 13.2 Å². The van der Waals surface area contributed by atoms with Gasteiger partial charge in [0.25, 0.3) is 0 Å². The minimum absolute atomic E-state index is 0.0554. The molecule has 1 unspecified atom stereocenters. The summed E-state index contributed by atoms with van der Waals surface area (Å²) in [5.74, 6) is 0.332. The first-order chi connectivity index (χ1) is 10.1. The molecule has 22 heavy (non-hydrogen) atoms. The highest BCUT2D eigenvalue weighted by atomic mass is 32.2. The number of nitrogens with zero attached hydrogens (tertiary/aromatic N) is 2. The SMILES string of the molecule is CS(=O)(=O)NCC1CCCN(c2cc(C(F)(F)F)ccn2)C1. The van der Waals surface area contributed by atoms with E-state index >= 15 is 0 Å². The van der Waals surface area contributed by atoms with Gasteiger partial charge in [-0.05, 0) is 30.9 Å². The molecule has 0 saturated carbocycles. The van der Waals surface area contributed by atoms with E-state index in [1.165, 1.54) is 0 Å². The lowest BCUT2D eigenvalue weighted by atomic mass is 9.98. The standard InChI is InChI=1S/C13H18F3N3O2S/c1-22(20,21)18-8-10-3-2-6-19(9-10)12-7-11(4-5-17-12)13(14,15)16/h4-5,7,10,18H,2-3,6,8-9H2,1H3. The predicted octanol–water partition coefficient (Wildman–Crippen LogP) is 1.87. The number of anilines is 1. The third-order valence-electron chi connectivity index (χ3n) is 3.55. The van der Waals surface area contributed by atoms with Gasteiger partial charge in [-0.25, -0.2) is 18.1 Å². The van der Waals surface area contributed by atoms with E-state index in [0.29, 0.717) is 13.1 Å². The van der Waals surface area contributed by atoms with Gasteiger partial charge in [0.05, 0.1) is 11.8 Å². The first-order valence-electron chi connectivity index (χ1n) is 6.88. The fourth-order valence-electron chi connectivity index (χ4n) is 2.48. The molecule has 2 rings (SSSR count). The van der Waals surface area contributed by atoms with Gasteiger partial charge in [-0.3, -0.25) is 0 Å². The molecule has 1 saturated heterocycles. The maximum atomic E-state index is 12.7. The van der Waals surface area contributed by atoms with Gasteiger partial charge in [0, 0.05) is 25.8 Å². The molecular weight excluding hydrogens is 319 g/mol. The molecule has 2 heterocycles. The molecule has 0 aliphatic carbocycles. The number of nitrogens with one attached hydrogen (secondary N) is 1. The van der Waals surface area contributed by atoms with Crippen molar-refractivity contribution in [3.05, 3.63) is 23.9 Å². The van der Waals surface area contributed by atoms with Crippen molar-refractivity contribution in [3.63, 3.8) is 0 Å². The molecule has 1 aliphatic rings. The van der Waals surface area contributed by atoms with Crippen LogP contribution >= 0.6 is 0 Å². The van der Waals surface area contributed by atoms with Gasteiger partial charge in [0.1, 0.15) is 5.82 Å². The minimum atomic E-state index is -4.40. The van der Waals surface area contributed by atoms with Gasteiger partial charge >= 0.3 is 6.18 Å². The van der Waals surface area contributed by atoms with Gasteiger partial charge in [-0.1, -0.05) is 0 Å². The zero-order chi connectivity index (χ0) is 16.4. The molecule has 0 spiro atoms. The van der Waals surface area contributed by atoms with Gasteiger partial charge in [0.2, 0.25) is 10.0 Å². The van der Waals surface area contributed by atoms with E-state index in [-0.39, 0.29) is 18.3 Å². The lowest BCUT2D eigenvalue weighted by Gasteiger charge is -2.33. The molecule has 5 nitrogen and oxygen atoms in total. The van der Waals surface area contributed by atoms with Crippen LogP contribution in [0.3, 0.4) is 0 Å². The van der Waals surface area contributed by atoms with Crippen LogP contribution in [0.25, 0.3) is 0 Å². The van der Waals surface area contributed by atoms with Crippen molar-refractivity contribution in [1.29, 1.82) is 0 Å². The zero-order valence-electron chi connectivity index (χ0n) is 12.1. The summed E-state index contributed by atoms with van der Waals surface area (Å²) >= 11 is 0. The Hall–Kier alpha value is -1.35. The Bertz CT molecular complexity index is 619. The third-order valence-corrected chi connectivity index (χ3v) is 4.24. The number of hydrogen-bond donors (Lipinski definition) is 1. The monoisotopic (exact) mass is 337 g/mol. The molecule has 1 fully saturated rings. The number of pyridine rings is 1. The fraction of sp³-hybridized carbons (Fsp3) is 0.615. The molecule has 1 N–H and O–H groups in total. The first kappa shape index (κ1) is 17.0. The van der Waals surface area contributed by atoms with Crippen molar-refractivity contribution in [2.45, 2.75) is 19.0 Å². The van der Waals surface area contributed by atoms with E-state index in [0.717, 1.165) is 37.4 Å². The Morgan fingerprint density at radius 1 is 1.45 bits per heavy atom. The second kappa shape index (κ2) is 6.41. The van der Waals surface area contributed by atoms with Crippen molar-refractivity contribution in [2.24, 2.45) is 5.92 Å². The second-order valence-electron chi connectivity index (χ2n) is 5.48. The van der Waals surface area contributed by atoms with Crippen molar-refractivity contribution >= 4 is 15.8 Å². The number of rotatable bonds is 4. The molecule has 1 aliphatic heterocycles. The number of aromatic nitrogens is 1. The molecule has 9 heteroatoms. The van der Waals surface area contributed by atoms with Crippen LogP contribution in [0, 0.1) is 5.92 Å². The largest absolute Gasteiger partial charge is 0.416 e. The van der Waals surface area contributed by atoms with Crippen LogP contribution in [0.2, 0.25) is 0 Å². The number of sulfonamides is 1. The number of alkyl halides is 3. The van der Waals surface area contributed by atoms with E-state index in [1.54, 1.807) is 4.90 Å². The molecule has 1 aromatic rings. The van der Waals surface area contributed by atoms with E-state index < -0.39 is 21.8 Å². The Balaban J connectivity index is 2.06. The number of piperidine rings is 1. The van der Waals surface area contributed by atoms with Crippen LogP contribution in [-0.2, 0) is 16.2 Å². The Morgan fingerprint density at radius 2 is 2.18 bits per heavy atom. The Kier molecular flexibility index (Phi) is 4.96. The normalized spacial score (nSPS) is 20.2. The van der Waals surface area contributed by atoms with Crippen molar-refractivity contribution in [1.82, 2.24) is 9.71 Å². The lowest BCUT2D eigenvalue weighted by Crippen LogP contribution is -2.41. The van der Waals surface area contributed by atoms with Crippen LogP contribution in [0.5, 0.6) is 0 Å². The second-order valence-corrected chi connectivity index (χ2v) is 7.31. The summed E-state index contributed by atoms with van der Waals surface area (Å²) < 4.78 is 62.9. The molecule has 0 aromatic carbocycles. The molecule has 0 amide bonds. The summed E-state index contributed by atoms with van der Waals surface area (Å²) in [7, 11) is -3.26. The van der Waals surface area contributed by atoms with Gasteiger partial charge in [-0.15, -0.1) is 0 Å². The highest BCUT2D eigenvalue weighted by Gasteiger charge is 2.31. The highest BCUT2D eigenvalue weighted by molar-refractivity contribution is 7.88. The summed E-state index contributed by atoms with van der Waals surface area (Å²) in [6, 6.07) is 1.97. The minimum Gasteiger partial charge on any atom is -0.356 e.